The number of anilines is 1. The maximum absolute atomic E-state index is 11.8. The molecule has 0 aliphatic carbocycles. The minimum atomic E-state index is -0.496. The summed E-state index contributed by atoms with van der Waals surface area (Å²) in [5.74, 6) is 3.78. The summed E-state index contributed by atoms with van der Waals surface area (Å²) in [6.07, 6.45) is 1.57. The summed E-state index contributed by atoms with van der Waals surface area (Å²) in [5.41, 5.74) is 3.16. The molecule has 3 N–H and O–H groups in total. The number of carbonyl (C=O) groups excluding carboxylic acids is 3. The van der Waals surface area contributed by atoms with Gasteiger partial charge in [0.1, 0.15) is 0 Å². The second-order valence-corrected chi connectivity index (χ2v) is 4.33. The summed E-state index contributed by atoms with van der Waals surface area (Å²) in [6.45, 7) is 0.430. The van der Waals surface area contributed by atoms with Crippen LogP contribution in [0.5, 0.6) is 0 Å². The number of Topliss-reactive ketones (excluding diaryl/α,β-unsaturated/α-hetero) is 1. The van der Waals surface area contributed by atoms with Gasteiger partial charge in [-0.2, -0.15) is 0 Å². The lowest BCUT2D eigenvalue weighted by Gasteiger charge is -2.15. The van der Waals surface area contributed by atoms with Gasteiger partial charge in [-0.15, -0.1) is 0 Å². The lowest BCUT2D eigenvalue weighted by Crippen LogP contribution is -2.31. The fourth-order valence-corrected chi connectivity index (χ4v) is 2.10. The van der Waals surface area contributed by atoms with Gasteiger partial charge in [0.15, 0.2) is 0 Å². The lowest BCUT2D eigenvalue weighted by atomic mass is 10.1. The van der Waals surface area contributed by atoms with E-state index in [1.165, 1.54) is 4.90 Å². The maximum Gasteiger partial charge on any atom is 0.299 e. The second-order valence-electron chi connectivity index (χ2n) is 4.33. The van der Waals surface area contributed by atoms with Crippen molar-refractivity contribution in [3.8, 4) is 0 Å². The highest BCUT2D eigenvalue weighted by Crippen LogP contribution is 2.28. The van der Waals surface area contributed by atoms with Crippen molar-refractivity contribution in [1.82, 2.24) is 5.43 Å². The zero-order valence-corrected chi connectivity index (χ0v) is 10.4. The Labute approximate surface area is 110 Å². The monoisotopic (exact) mass is 261 g/mol. The third-order valence-electron chi connectivity index (χ3n) is 3.08. The highest BCUT2D eigenvalue weighted by molar-refractivity contribution is 6.52. The van der Waals surface area contributed by atoms with E-state index in [0.717, 1.165) is 0 Å². The molecule has 1 aromatic carbocycles. The van der Waals surface area contributed by atoms with Crippen molar-refractivity contribution in [3.63, 3.8) is 0 Å². The predicted octanol–water partition coefficient (Wildman–Crippen LogP) is 0.376. The Morgan fingerprint density at radius 2 is 1.95 bits per heavy atom. The molecule has 0 unspecified atom stereocenters. The minimum absolute atomic E-state index is 0.232. The Bertz CT molecular complexity index is 528. The molecular formula is C13H15N3O3. The third kappa shape index (κ3) is 2.63. The molecule has 0 radical (unpaired) electrons. The van der Waals surface area contributed by atoms with Crippen molar-refractivity contribution in [3.05, 3.63) is 29.8 Å². The van der Waals surface area contributed by atoms with Gasteiger partial charge in [0, 0.05) is 13.0 Å². The van der Waals surface area contributed by atoms with Crippen LogP contribution in [0.2, 0.25) is 0 Å². The van der Waals surface area contributed by atoms with Crippen LogP contribution in [0.3, 0.4) is 0 Å². The topological polar surface area (TPSA) is 92.5 Å². The Morgan fingerprint density at radius 3 is 2.68 bits per heavy atom. The second kappa shape index (κ2) is 5.62. The number of unbranched alkanes of at least 4 members (excludes halogenated alkanes) is 1. The fourth-order valence-electron chi connectivity index (χ4n) is 2.10. The normalized spacial score (nSPS) is 13.6. The lowest BCUT2D eigenvalue weighted by molar-refractivity contribution is -0.121. The van der Waals surface area contributed by atoms with E-state index in [0.29, 0.717) is 37.1 Å². The third-order valence-corrected chi connectivity index (χ3v) is 3.08. The number of hydrazine groups is 1. The number of carbonyl (C=O) groups is 3. The largest absolute Gasteiger partial charge is 0.305 e. The van der Waals surface area contributed by atoms with E-state index in [1.807, 2.05) is 0 Å². The van der Waals surface area contributed by atoms with Crippen LogP contribution in [0, 0.1) is 0 Å². The first-order chi connectivity index (χ1) is 9.15. The Hall–Kier alpha value is -2.21. The van der Waals surface area contributed by atoms with Gasteiger partial charge >= 0.3 is 0 Å². The van der Waals surface area contributed by atoms with Crippen LogP contribution in [0.4, 0.5) is 5.69 Å². The van der Waals surface area contributed by atoms with Crippen molar-refractivity contribution in [2.45, 2.75) is 19.3 Å². The van der Waals surface area contributed by atoms with Gasteiger partial charge in [0.2, 0.25) is 5.91 Å². The Balaban J connectivity index is 1.96. The number of rotatable bonds is 5. The molecule has 0 saturated carbocycles. The zero-order valence-electron chi connectivity index (χ0n) is 10.4. The van der Waals surface area contributed by atoms with Gasteiger partial charge in [-0.3, -0.25) is 19.8 Å². The number of para-hydroxylation sites is 1. The molecule has 1 aromatic rings. The smallest absolute Gasteiger partial charge is 0.299 e. The first-order valence-corrected chi connectivity index (χ1v) is 6.10. The predicted molar refractivity (Wildman–Crippen MR) is 69.3 cm³/mol. The van der Waals surface area contributed by atoms with E-state index >= 15 is 0 Å². The molecule has 0 spiro atoms. The number of nitrogens with zero attached hydrogens (tertiary/aromatic N) is 1. The quantitative estimate of drug-likeness (QED) is 0.263. The number of fused-ring (bicyclic) bond motifs is 1. The van der Waals surface area contributed by atoms with E-state index in [9.17, 15) is 14.4 Å². The van der Waals surface area contributed by atoms with Crippen LogP contribution < -0.4 is 16.2 Å². The van der Waals surface area contributed by atoms with E-state index in [-0.39, 0.29) is 5.91 Å². The van der Waals surface area contributed by atoms with Crippen LogP contribution in [0.15, 0.2) is 24.3 Å². The molecule has 0 aromatic heterocycles. The highest BCUT2D eigenvalue weighted by atomic mass is 16.2. The molecule has 6 nitrogen and oxygen atoms in total. The number of nitrogens with two attached hydrogens (primary N) is 1. The van der Waals surface area contributed by atoms with Crippen molar-refractivity contribution in [1.29, 1.82) is 0 Å². The summed E-state index contributed by atoms with van der Waals surface area (Å²) in [6, 6.07) is 6.93. The van der Waals surface area contributed by atoms with Gasteiger partial charge in [0.05, 0.1) is 11.3 Å². The van der Waals surface area contributed by atoms with E-state index in [4.69, 9.17) is 5.84 Å². The average Bonchev–Trinajstić information content (AvgIpc) is 2.68. The summed E-state index contributed by atoms with van der Waals surface area (Å²) in [7, 11) is 0. The number of hydrogen-bond acceptors (Lipinski definition) is 4. The Morgan fingerprint density at radius 1 is 1.21 bits per heavy atom. The summed E-state index contributed by atoms with van der Waals surface area (Å²) < 4.78 is 0. The standard InChI is InChI=1S/C13H15N3O3/c14-15-11(17)7-3-4-8-16-10-6-2-1-5-9(10)12(18)13(16)19/h1-2,5-6H,3-4,7-8,14H2,(H,15,17). The van der Waals surface area contributed by atoms with Crippen LogP contribution >= 0.6 is 0 Å². The molecule has 2 amide bonds. The summed E-state index contributed by atoms with van der Waals surface area (Å²) in [5, 5.41) is 0. The molecule has 0 saturated heterocycles. The van der Waals surface area contributed by atoms with Gasteiger partial charge in [-0.1, -0.05) is 12.1 Å². The van der Waals surface area contributed by atoms with Crippen molar-refractivity contribution in [2.75, 3.05) is 11.4 Å². The molecule has 100 valence electrons. The minimum Gasteiger partial charge on any atom is -0.305 e. The van der Waals surface area contributed by atoms with E-state index in [1.54, 1.807) is 24.3 Å². The van der Waals surface area contributed by atoms with Gasteiger partial charge in [-0.05, 0) is 25.0 Å². The molecule has 0 fully saturated rings. The number of ketones is 1. The van der Waals surface area contributed by atoms with Gasteiger partial charge < -0.3 is 4.90 Å². The number of benzene rings is 1. The molecule has 2 rings (SSSR count). The molecule has 6 heteroatoms. The number of amides is 2. The van der Waals surface area contributed by atoms with Gasteiger partial charge in [-0.25, -0.2) is 5.84 Å². The molecule has 1 heterocycles. The number of hydrogen-bond donors (Lipinski definition) is 2. The van der Waals surface area contributed by atoms with Crippen molar-refractivity contribution >= 4 is 23.3 Å². The van der Waals surface area contributed by atoms with E-state index in [2.05, 4.69) is 5.43 Å². The summed E-state index contributed by atoms with van der Waals surface area (Å²) in [4.78, 5) is 36.0. The van der Waals surface area contributed by atoms with Gasteiger partial charge in [0.25, 0.3) is 11.7 Å². The van der Waals surface area contributed by atoms with Crippen molar-refractivity contribution in [2.24, 2.45) is 5.84 Å². The van der Waals surface area contributed by atoms with Crippen LogP contribution in [0.1, 0.15) is 29.6 Å². The molecule has 0 atom stereocenters. The molecule has 1 aliphatic heterocycles. The first kappa shape index (κ1) is 13.2. The maximum atomic E-state index is 11.8. The molecule has 1 aliphatic rings. The molecular weight excluding hydrogens is 246 g/mol. The average molecular weight is 261 g/mol. The van der Waals surface area contributed by atoms with Crippen molar-refractivity contribution < 1.29 is 14.4 Å². The summed E-state index contributed by atoms with van der Waals surface area (Å²) >= 11 is 0. The molecule has 19 heavy (non-hydrogen) atoms. The molecule has 0 bridgehead atoms. The highest BCUT2D eigenvalue weighted by Gasteiger charge is 2.34. The SMILES string of the molecule is NNC(=O)CCCCN1C(=O)C(=O)c2ccccc21. The van der Waals surface area contributed by atoms with Crippen LogP contribution in [-0.4, -0.2) is 24.1 Å². The van der Waals surface area contributed by atoms with E-state index < -0.39 is 11.7 Å². The van der Waals surface area contributed by atoms with Crippen LogP contribution in [0.25, 0.3) is 0 Å². The number of nitrogens with one attached hydrogen (secondary N) is 1. The first-order valence-electron chi connectivity index (χ1n) is 6.10. The fraction of sp³-hybridized carbons (Fsp3) is 0.308. The zero-order chi connectivity index (χ0) is 13.8. The Kier molecular flexibility index (Phi) is 3.91. The van der Waals surface area contributed by atoms with Crippen LogP contribution in [-0.2, 0) is 9.59 Å².